The van der Waals surface area contributed by atoms with Gasteiger partial charge in [-0.1, -0.05) is 0 Å². The van der Waals surface area contributed by atoms with E-state index in [-0.39, 0.29) is 11.9 Å². The number of hydrogen-bond donors (Lipinski definition) is 0. The molecule has 138 valence electrons. The highest BCUT2D eigenvalue weighted by Crippen LogP contribution is 2.33. The highest BCUT2D eigenvalue weighted by atomic mass is 16.2. The van der Waals surface area contributed by atoms with E-state index in [0.29, 0.717) is 18.8 Å². The molecular formula is C20H22N6O. The van der Waals surface area contributed by atoms with Crippen molar-refractivity contribution < 1.29 is 4.79 Å². The Labute approximate surface area is 158 Å². The normalized spacial score (nSPS) is 16.7. The fourth-order valence-corrected chi connectivity index (χ4v) is 3.55. The number of carbonyl (C=O) groups is 1. The van der Waals surface area contributed by atoms with Crippen LogP contribution in [-0.4, -0.2) is 41.9 Å². The minimum absolute atomic E-state index is 0.0452. The summed E-state index contributed by atoms with van der Waals surface area (Å²) in [4.78, 5) is 32.1. The molecule has 4 rings (SSSR count). The van der Waals surface area contributed by atoms with E-state index in [1.165, 1.54) is 0 Å². The molecule has 0 bridgehead atoms. The second-order valence-electron chi connectivity index (χ2n) is 6.90. The number of aryl methyl sites for hydroxylation is 2. The van der Waals surface area contributed by atoms with E-state index in [9.17, 15) is 4.79 Å². The molecule has 0 radical (unpaired) electrons. The smallest absolute Gasteiger partial charge is 0.274 e. The van der Waals surface area contributed by atoms with Gasteiger partial charge in [0.25, 0.3) is 5.91 Å². The third-order valence-electron chi connectivity index (χ3n) is 4.99. The molecular weight excluding hydrogens is 340 g/mol. The van der Waals surface area contributed by atoms with E-state index in [4.69, 9.17) is 0 Å². The molecule has 3 aromatic rings. The van der Waals surface area contributed by atoms with E-state index in [1.807, 2.05) is 37.1 Å². The van der Waals surface area contributed by atoms with Gasteiger partial charge in [-0.25, -0.2) is 9.97 Å². The van der Waals surface area contributed by atoms with Crippen LogP contribution in [0, 0.1) is 13.8 Å². The number of amides is 1. The minimum atomic E-state index is -0.0823. The van der Waals surface area contributed by atoms with Gasteiger partial charge >= 0.3 is 0 Å². The maximum Gasteiger partial charge on any atom is 0.274 e. The van der Waals surface area contributed by atoms with Crippen LogP contribution >= 0.6 is 0 Å². The van der Waals surface area contributed by atoms with Gasteiger partial charge in [0.15, 0.2) is 0 Å². The molecule has 1 atom stereocenters. The van der Waals surface area contributed by atoms with E-state index in [0.717, 1.165) is 35.6 Å². The lowest BCUT2D eigenvalue weighted by molar-refractivity contribution is 0.0721. The van der Waals surface area contributed by atoms with Crippen molar-refractivity contribution in [2.45, 2.75) is 39.3 Å². The SMILES string of the molecule is Cc1cnc(C(=O)N2CCCC2c2ncc(C)n2Cc2ccncc2)cn1. The fourth-order valence-electron chi connectivity index (χ4n) is 3.55. The number of rotatable bonds is 4. The van der Waals surface area contributed by atoms with E-state index >= 15 is 0 Å². The molecule has 1 aliphatic rings. The molecule has 1 fully saturated rings. The summed E-state index contributed by atoms with van der Waals surface area (Å²) in [6.07, 6.45) is 10.5. The van der Waals surface area contributed by atoms with Crippen LogP contribution in [-0.2, 0) is 6.54 Å². The summed E-state index contributed by atoms with van der Waals surface area (Å²) in [6.45, 7) is 5.33. The lowest BCUT2D eigenvalue weighted by atomic mass is 10.2. The molecule has 1 unspecified atom stereocenters. The van der Waals surface area contributed by atoms with E-state index in [2.05, 4.69) is 24.5 Å². The van der Waals surface area contributed by atoms with Crippen molar-refractivity contribution in [2.24, 2.45) is 0 Å². The molecule has 27 heavy (non-hydrogen) atoms. The summed E-state index contributed by atoms with van der Waals surface area (Å²) in [6, 6.07) is 3.96. The Bertz CT molecular complexity index is 935. The first-order valence-electron chi connectivity index (χ1n) is 9.14. The van der Waals surface area contributed by atoms with Crippen LogP contribution in [0.4, 0.5) is 0 Å². The van der Waals surface area contributed by atoms with Crippen LogP contribution < -0.4 is 0 Å². The van der Waals surface area contributed by atoms with Crippen LogP contribution in [0.25, 0.3) is 0 Å². The number of likely N-dealkylation sites (tertiary alicyclic amines) is 1. The van der Waals surface area contributed by atoms with Gasteiger partial charge in [0, 0.05) is 43.6 Å². The minimum Gasteiger partial charge on any atom is -0.327 e. The van der Waals surface area contributed by atoms with Crippen molar-refractivity contribution in [3.63, 3.8) is 0 Å². The molecule has 7 nitrogen and oxygen atoms in total. The number of nitrogens with zero attached hydrogens (tertiary/aromatic N) is 6. The molecule has 1 saturated heterocycles. The predicted octanol–water partition coefficient (Wildman–Crippen LogP) is 2.71. The zero-order valence-electron chi connectivity index (χ0n) is 15.5. The van der Waals surface area contributed by atoms with Crippen molar-refractivity contribution >= 4 is 5.91 Å². The van der Waals surface area contributed by atoms with Crippen molar-refractivity contribution in [1.82, 2.24) is 29.4 Å². The molecule has 1 aliphatic heterocycles. The predicted molar refractivity (Wildman–Crippen MR) is 100 cm³/mol. The highest BCUT2D eigenvalue weighted by Gasteiger charge is 2.34. The van der Waals surface area contributed by atoms with Crippen molar-refractivity contribution in [3.05, 3.63) is 71.6 Å². The van der Waals surface area contributed by atoms with Crippen molar-refractivity contribution in [2.75, 3.05) is 6.54 Å². The van der Waals surface area contributed by atoms with Gasteiger partial charge in [-0.15, -0.1) is 0 Å². The summed E-state index contributed by atoms with van der Waals surface area (Å²) in [5.74, 6) is 0.844. The average Bonchev–Trinajstić information content (AvgIpc) is 3.30. The van der Waals surface area contributed by atoms with Crippen molar-refractivity contribution in [3.8, 4) is 0 Å². The average molecular weight is 362 g/mol. The largest absolute Gasteiger partial charge is 0.327 e. The Morgan fingerprint density at radius 2 is 1.93 bits per heavy atom. The lowest BCUT2D eigenvalue weighted by Crippen LogP contribution is -2.33. The Kier molecular flexibility index (Phi) is 4.66. The number of imidazole rings is 1. The highest BCUT2D eigenvalue weighted by molar-refractivity contribution is 5.92. The van der Waals surface area contributed by atoms with Gasteiger partial charge in [0.2, 0.25) is 0 Å². The summed E-state index contributed by atoms with van der Waals surface area (Å²) < 4.78 is 2.19. The Balaban J connectivity index is 1.62. The Morgan fingerprint density at radius 3 is 2.67 bits per heavy atom. The first kappa shape index (κ1) is 17.3. The quantitative estimate of drug-likeness (QED) is 0.713. The van der Waals surface area contributed by atoms with Crippen LogP contribution in [0.5, 0.6) is 0 Å². The molecule has 3 aromatic heterocycles. The zero-order chi connectivity index (χ0) is 18.8. The number of pyridine rings is 1. The Morgan fingerprint density at radius 1 is 1.11 bits per heavy atom. The van der Waals surface area contributed by atoms with Crippen LogP contribution in [0.15, 0.2) is 43.1 Å². The van der Waals surface area contributed by atoms with Gasteiger partial charge in [-0.3, -0.25) is 14.8 Å². The fraction of sp³-hybridized carbons (Fsp3) is 0.350. The molecule has 0 aromatic carbocycles. The molecule has 4 heterocycles. The van der Waals surface area contributed by atoms with E-state index in [1.54, 1.807) is 24.8 Å². The van der Waals surface area contributed by atoms with Gasteiger partial charge in [0.05, 0.1) is 17.9 Å². The van der Waals surface area contributed by atoms with Gasteiger partial charge < -0.3 is 9.47 Å². The molecule has 0 spiro atoms. The topological polar surface area (TPSA) is 76.8 Å². The standard InChI is InChI=1S/C20H22N6O/c1-14-10-23-17(12-22-14)20(27)25-9-3-4-18(25)19-24-11-15(2)26(19)13-16-5-7-21-8-6-16/h5-8,10-12,18H,3-4,9,13H2,1-2H3. The second kappa shape index (κ2) is 7.26. The maximum absolute atomic E-state index is 13.0. The summed E-state index contributed by atoms with van der Waals surface area (Å²) >= 11 is 0. The first-order valence-corrected chi connectivity index (χ1v) is 9.14. The molecule has 7 heteroatoms. The number of carbonyl (C=O) groups excluding carboxylic acids is 1. The van der Waals surface area contributed by atoms with Gasteiger partial charge in [0.1, 0.15) is 11.5 Å². The summed E-state index contributed by atoms with van der Waals surface area (Å²) in [5.41, 5.74) is 3.42. The molecule has 0 aliphatic carbocycles. The number of aromatic nitrogens is 5. The molecule has 0 N–H and O–H groups in total. The van der Waals surface area contributed by atoms with Gasteiger partial charge in [-0.2, -0.15) is 0 Å². The van der Waals surface area contributed by atoms with Crippen LogP contribution in [0.2, 0.25) is 0 Å². The zero-order valence-corrected chi connectivity index (χ0v) is 15.5. The van der Waals surface area contributed by atoms with Crippen LogP contribution in [0.1, 0.15) is 52.1 Å². The van der Waals surface area contributed by atoms with Crippen LogP contribution in [0.3, 0.4) is 0 Å². The lowest BCUT2D eigenvalue weighted by Gasteiger charge is -2.25. The third-order valence-corrected chi connectivity index (χ3v) is 4.99. The molecule has 1 amide bonds. The van der Waals surface area contributed by atoms with Crippen molar-refractivity contribution in [1.29, 1.82) is 0 Å². The van der Waals surface area contributed by atoms with E-state index < -0.39 is 0 Å². The summed E-state index contributed by atoms with van der Waals surface area (Å²) in [5, 5.41) is 0. The molecule has 0 saturated carbocycles. The third kappa shape index (κ3) is 3.45. The first-order chi connectivity index (χ1) is 13.1. The second-order valence-corrected chi connectivity index (χ2v) is 6.90. The number of hydrogen-bond acceptors (Lipinski definition) is 5. The maximum atomic E-state index is 13.0. The monoisotopic (exact) mass is 362 g/mol. The summed E-state index contributed by atoms with van der Waals surface area (Å²) in [7, 11) is 0. The van der Waals surface area contributed by atoms with Gasteiger partial charge in [-0.05, 0) is 44.4 Å². The Hall–Kier alpha value is -3.09.